The van der Waals surface area contributed by atoms with Crippen molar-refractivity contribution >= 4 is 21.5 Å². The molecule has 20 heavy (non-hydrogen) atoms. The second-order valence-electron chi connectivity index (χ2n) is 2.93. The van der Waals surface area contributed by atoms with Gasteiger partial charge in [-0.2, -0.15) is 13.2 Å². The Hall–Kier alpha value is -2.46. The number of alkyl halides is 3. The Morgan fingerprint density at radius 3 is 2.05 bits per heavy atom. The maximum Gasteiger partial charge on any atom is 0.485 e. The molecule has 1 aromatic rings. The molecule has 0 aliphatic carbocycles. The zero-order valence-corrected chi connectivity index (χ0v) is 9.92. The SMILES string of the molecule is N#[N+]c1ccc([N+](=O)[O-])cc1O.O=S(=O)([O-])C(F)(F)F. The Balaban J connectivity index is 0.000000396. The zero-order chi connectivity index (χ0) is 16.1. The topological polar surface area (TPSA) is 149 Å². The molecule has 13 heteroatoms. The number of rotatable bonds is 1. The standard InChI is InChI=1S/C6H3N3O3.CHF3O3S/c7-8-5-2-1-4(9(11)12)3-6(5)10;2-1(3,4)8(5,6)7/h1-3H;(H,5,6,7). The average molecular weight is 315 g/mol. The molecule has 0 saturated carbocycles. The van der Waals surface area contributed by atoms with E-state index in [1.807, 2.05) is 0 Å². The van der Waals surface area contributed by atoms with Crippen LogP contribution in [-0.2, 0) is 10.1 Å². The Morgan fingerprint density at radius 2 is 1.80 bits per heavy atom. The van der Waals surface area contributed by atoms with E-state index in [-0.39, 0.29) is 11.4 Å². The van der Waals surface area contributed by atoms with Gasteiger partial charge in [-0.15, -0.1) is 0 Å². The van der Waals surface area contributed by atoms with Crippen LogP contribution in [0.1, 0.15) is 0 Å². The summed E-state index contributed by atoms with van der Waals surface area (Å²) < 4.78 is 58.9. The van der Waals surface area contributed by atoms with Crippen LogP contribution in [-0.4, -0.2) is 28.5 Å². The summed E-state index contributed by atoms with van der Waals surface area (Å²) in [6.07, 6.45) is 0. The lowest BCUT2D eigenvalue weighted by molar-refractivity contribution is -0.384. The molecule has 1 rings (SSSR count). The van der Waals surface area contributed by atoms with Crippen LogP contribution < -0.4 is 0 Å². The molecule has 0 fully saturated rings. The Morgan fingerprint density at radius 1 is 1.35 bits per heavy atom. The molecule has 0 unspecified atom stereocenters. The van der Waals surface area contributed by atoms with Crippen LogP contribution in [0.25, 0.3) is 4.98 Å². The van der Waals surface area contributed by atoms with Crippen molar-refractivity contribution in [1.29, 1.82) is 5.39 Å². The van der Waals surface area contributed by atoms with Crippen LogP contribution in [0.4, 0.5) is 24.5 Å². The Labute approximate surface area is 108 Å². The van der Waals surface area contributed by atoms with Crippen LogP contribution in [0.3, 0.4) is 0 Å². The van der Waals surface area contributed by atoms with Gasteiger partial charge in [-0.3, -0.25) is 10.1 Å². The lowest BCUT2D eigenvalue weighted by Crippen LogP contribution is -2.21. The smallest absolute Gasteiger partial charge is 0.485 e. The molecule has 0 amide bonds. The van der Waals surface area contributed by atoms with E-state index in [1.165, 1.54) is 0 Å². The summed E-state index contributed by atoms with van der Waals surface area (Å²) in [6, 6.07) is 3.19. The number of phenolic OH excluding ortho intramolecular Hbond substituents is 1. The maximum atomic E-state index is 10.7. The number of non-ortho nitro benzene ring substituents is 1. The minimum absolute atomic E-state index is 0.0967. The first-order chi connectivity index (χ1) is 8.90. The van der Waals surface area contributed by atoms with Gasteiger partial charge < -0.3 is 9.66 Å². The van der Waals surface area contributed by atoms with E-state index in [4.69, 9.17) is 23.5 Å². The molecule has 0 bridgehead atoms. The zero-order valence-electron chi connectivity index (χ0n) is 9.10. The van der Waals surface area contributed by atoms with Crippen LogP contribution >= 0.6 is 0 Å². The summed E-state index contributed by atoms with van der Waals surface area (Å²) in [5, 5.41) is 27.4. The predicted octanol–water partition coefficient (Wildman–Crippen LogP) is 1.84. The van der Waals surface area contributed by atoms with Crippen molar-refractivity contribution in [2.45, 2.75) is 5.51 Å². The number of halogens is 3. The number of nitro groups is 1. The van der Waals surface area contributed by atoms with E-state index in [9.17, 15) is 23.3 Å². The number of phenols is 1. The highest BCUT2D eigenvalue weighted by Gasteiger charge is 2.36. The van der Waals surface area contributed by atoms with Crippen molar-refractivity contribution in [1.82, 2.24) is 0 Å². The van der Waals surface area contributed by atoms with Gasteiger partial charge in [-0.05, 0) is 0 Å². The Bertz CT molecular complexity index is 651. The summed E-state index contributed by atoms with van der Waals surface area (Å²) in [5.74, 6) is -0.424. The molecule has 0 aliphatic rings. The molecule has 0 spiro atoms. The number of diazo groups is 1. The van der Waals surface area contributed by atoms with Gasteiger partial charge in [0, 0.05) is 12.1 Å². The number of nitro benzene ring substituents is 1. The molecule has 0 aliphatic heterocycles. The molecule has 0 heterocycles. The van der Waals surface area contributed by atoms with Gasteiger partial charge in [0.15, 0.2) is 15.1 Å². The largest absolute Gasteiger partial charge is 0.741 e. The molecule has 1 aromatic carbocycles. The van der Waals surface area contributed by atoms with Gasteiger partial charge in [0.1, 0.15) is 0 Å². The molecule has 110 valence electrons. The monoisotopic (exact) mass is 315 g/mol. The second-order valence-corrected chi connectivity index (χ2v) is 4.30. The van der Waals surface area contributed by atoms with Gasteiger partial charge in [0.25, 0.3) is 5.69 Å². The molecular formula is C7H4F3N3O6S. The van der Waals surface area contributed by atoms with Crippen LogP contribution in [0.5, 0.6) is 5.75 Å². The lowest BCUT2D eigenvalue weighted by atomic mass is 10.2. The summed E-state index contributed by atoms with van der Waals surface area (Å²) in [5.41, 5.74) is -5.99. The number of hydrogen-bond acceptors (Lipinski definition) is 7. The third-order valence-electron chi connectivity index (χ3n) is 1.56. The summed E-state index contributed by atoms with van der Waals surface area (Å²) in [6.45, 7) is 0. The van der Waals surface area contributed by atoms with Crippen molar-refractivity contribution < 1.29 is 36.2 Å². The first-order valence-electron chi connectivity index (χ1n) is 4.25. The molecule has 0 atom stereocenters. The molecular weight excluding hydrogens is 311 g/mol. The number of hydrogen-bond donors (Lipinski definition) is 1. The highest BCUT2D eigenvalue weighted by Crippen LogP contribution is 2.29. The van der Waals surface area contributed by atoms with Crippen molar-refractivity contribution in [3.8, 4) is 5.75 Å². The highest BCUT2D eigenvalue weighted by molar-refractivity contribution is 7.86. The van der Waals surface area contributed by atoms with Gasteiger partial charge in [-0.25, -0.2) is 8.42 Å². The van der Waals surface area contributed by atoms with Crippen molar-refractivity contribution in [2.75, 3.05) is 0 Å². The molecule has 9 nitrogen and oxygen atoms in total. The fraction of sp³-hybridized carbons (Fsp3) is 0.143. The van der Waals surface area contributed by atoms with Crippen molar-refractivity contribution in [2.24, 2.45) is 0 Å². The van der Waals surface area contributed by atoms with Gasteiger partial charge in [0.05, 0.1) is 11.0 Å². The summed E-state index contributed by atoms with van der Waals surface area (Å²) >= 11 is 0. The fourth-order valence-electron chi connectivity index (χ4n) is 0.710. The van der Waals surface area contributed by atoms with Crippen molar-refractivity contribution in [3.05, 3.63) is 33.3 Å². The van der Waals surface area contributed by atoms with Crippen LogP contribution in [0.15, 0.2) is 18.2 Å². The maximum absolute atomic E-state index is 10.7. The highest BCUT2D eigenvalue weighted by atomic mass is 32.2. The number of benzene rings is 1. The third-order valence-corrected chi connectivity index (χ3v) is 2.13. The first-order valence-corrected chi connectivity index (χ1v) is 5.65. The molecule has 0 radical (unpaired) electrons. The quantitative estimate of drug-likeness (QED) is 0.273. The van der Waals surface area contributed by atoms with Crippen LogP contribution in [0.2, 0.25) is 0 Å². The molecule has 1 N–H and O–H groups in total. The van der Waals surface area contributed by atoms with Gasteiger partial charge in [-0.1, -0.05) is 0 Å². The third kappa shape index (κ3) is 5.04. The van der Waals surface area contributed by atoms with E-state index in [1.54, 1.807) is 0 Å². The van der Waals surface area contributed by atoms with E-state index < -0.39 is 26.3 Å². The van der Waals surface area contributed by atoms with E-state index in [2.05, 4.69) is 4.98 Å². The lowest BCUT2D eigenvalue weighted by Gasteiger charge is -2.08. The number of aromatic hydroxyl groups is 1. The number of nitrogens with zero attached hydrogens (tertiary/aromatic N) is 3. The van der Waals surface area contributed by atoms with E-state index in [0.717, 1.165) is 18.2 Å². The minimum Gasteiger partial charge on any atom is -0.741 e. The first kappa shape index (κ1) is 17.5. The molecule has 0 aromatic heterocycles. The van der Waals surface area contributed by atoms with E-state index in [0.29, 0.717) is 0 Å². The second kappa shape index (κ2) is 6.12. The van der Waals surface area contributed by atoms with E-state index >= 15 is 0 Å². The van der Waals surface area contributed by atoms with Gasteiger partial charge in [0.2, 0.25) is 11.1 Å². The Kier molecular flexibility index (Phi) is 5.37. The average Bonchev–Trinajstić information content (AvgIpc) is 2.26. The fourth-order valence-corrected chi connectivity index (χ4v) is 0.710. The summed E-state index contributed by atoms with van der Waals surface area (Å²) in [4.78, 5) is 12.2. The predicted molar refractivity (Wildman–Crippen MR) is 55.3 cm³/mol. The van der Waals surface area contributed by atoms with Crippen molar-refractivity contribution in [3.63, 3.8) is 0 Å². The van der Waals surface area contributed by atoms with Gasteiger partial charge >= 0.3 is 11.2 Å². The minimum atomic E-state index is -6.09. The normalized spacial score (nSPS) is 10.9. The summed E-state index contributed by atoms with van der Waals surface area (Å²) in [7, 11) is -6.09. The molecule has 0 saturated heterocycles. The van der Waals surface area contributed by atoms with Crippen LogP contribution in [0, 0.1) is 15.5 Å².